The van der Waals surface area contributed by atoms with Crippen LogP contribution in [0.1, 0.15) is 54.8 Å². The summed E-state index contributed by atoms with van der Waals surface area (Å²) in [4.78, 5) is 18.1. The highest BCUT2D eigenvalue weighted by Gasteiger charge is 2.20. The highest BCUT2D eigenvalue weighted by Crippen LogP contribution is 2.16. The number of likely N-dealkylation sites (tertiary alicyclic amines) is 1. The zero-order chi connectivity index (χ0) is 20.6. The molecule has 0 aliphatic carbocycles. The topological polar surface area (TPSA) is 82.8 Å². The van der Waals surface area contributed by atoms with E-state index in [0.29, 0.717) is 26.1 Å². The molecule has 0 unspecified atom stereocenters. The normalized spacial score (nSPS) is 14.0. The quantitative estimate of drug-likeness (QED) is 0.314. The van der Waals surface area contributed by atoms with E-state index in [0.717, 1.165) is 59.9 Å². The number of nitrogens with one attached hydrogen (secondary N) is 2. The summed E-state index contributed by atoms with van der Waals surface area (Å²) >= 11 is 0. The van der Waals surface area contributed by atoms with Crippen molar-refractivity contribution in [3.05, 3.63) is 52.4 Å². The van der Waals surface area contributed by atoms with Crippen LogP contribution in [0, 0.1) is 0 Å². The number of halogens is 1. The highest BCUT2D eigenvalue weighted by molar-refractivity contribution is 14.0. The summed E-state index contributed by atoms with van der Waals surface area (Å²) in [6.07, 6.45) is 3.31. The van der Waals surface area contributed by atoms with Crippen LogP contribution < -0.4 is 10.6 Å². The van der Waals surface area contributed by atoms with Crippen LogP contribution in [-0.2, 0) is 37.3 Å². The largest absolute Gasteiger partial charge is 0.361 e. The fraction of sp³-hybridized carbons (Fsp3) is 0.500. The summed E-state index contributed by atoms with van der Waals surface area (Å²) in [5.41, 5.74) is 4.43. The Morgan fingerprint density at radius 2 is 1.97 bits per heavy atom. The molecule has 2 N–H and O–H groups in total. The van der Waals surface area contributed by atoms with Gasteiger partial charge in [-0.05, 0) is 24.0 Å². The Morgan fingerprint density at radius 1 is 1.20 bits per heavy atom. The first-order valence-corrected chi connectivity index (χ1v) is 10.4. The van der Waals surface area contributed by atoms with Crippen LogP contribution in [0.4, 0.5) is 0 Å². The number of hydrogen-bond acceptors (Lipinski definition) is 4. The Kier molecular flexibility index (Phi) is 9.61. The van der Waals surface area contributed by atoms with E-state index in [9.17, 15) is 4.79 Å². The number of amides is 1. The molecule has 8 heteroatoms. The molecular weight excluding hydrogens is 493 g/mol. The first kappa shape index (κ1) is 24.2. The number of rotatable bonds is 8. The highest BCUT2D eigenvalue weighted by atomic mass is 127. The van der Waals surface area contributed by atoms with Gasteiger partial charge in [0.15, 0.2) is 5.96 Å². The average molecular weight is 525 g/mol. The van der Waals surface area contributed by atoms with Crippen LogP contribution in [0.25, 0.3) is 0 Å². The van der Waals surface area contributed by atoms with Gasteiger partial charge in [0, 0.05) is 51.6 Å². The summed E-state index contributed by atoms with van der Waals surface area (Å²) in [5.74, 6) is 1.91. The number of aryl methyl sites for hydroxylation is 2. The minimum atomic E-state index is 0. The van der Waals surface area contributed by atoms with Gasteiger partial charge >= 0.3 is 0 Å². The summed E-state index contributed by atoms with van der Waals surface area (Å²) < 4.78 is 5.43. The molecule has 30 heavy (non-hydrogen) atoms. The van der Waals surface area contributed by atoms with Crippen molar-refractivity contribution >= 4 is 35.8 Å². The Hall–Kier alpha value is -2.10. The van der Waals surface area contributed by atoms with E-state index in [1.165, 1.54) is 0 Å². The van der Waals surface area contributed by atoms with E-state index in [-0.39, 0.29) is 29.9 Å². The van der Waals surface area contributed by atoms with Gasteiger partial charge in [0.2, 0.25) is 5.91 Å². The molecule has 0 bridgehead atoms. The minimum Gasteiger partial charge on any atom is -0.361 e. The van der Waals surface area contributed by atoms with Crippen molar-refractivity contribution in [2.24, 2.45) is 4.99 Å². The van der Waals surface area contributed by atoms with Gasteiger partial charge in [0.1, 0.15) is 5.76 Å². The lowest BCUT2D eigenvalue weighted by Gasteiger charge is -2.16. The van der Waals surface area contributed by atoms with Crippen LogP contribution in [0.15, 0.2) is 33.8 Å². The Balaban J connectivity index is 0.00000320. The SMILES string of the molecule is CCc1noc(CC)c1CNC(=NC)NCc1cccc(CN2CCCC2=O)c1.I. The molecule has 2 heterocycles. The molecule has 1 aliphatic heterocycles. The van der Waals surface area contributed by atoms with Gasteiger partial charge in [0.25, 0.3) is 0 Å². The zero-order valence-electron chi connectivity index (χ0n) is 18.0. The number of aliphatic imine (C=N–C) groups is 1. The second-order valence-electron chi connectivity index (χ2n) is 7.26. The first-order valence-electron chi connectivity index (χ1n) is 10.4. The second-order valence-corrected chi connectivity index (χ2v) is 7.26. The number of aromatic nitrogens is 1. The third-order valence-corrected chi connectivity index (χ3v) is 5.26. The molecular formula is C22H32IN5O2. The number of hydrogen-bond donors (Lipinski definition) is 2. The molecule has 0 saturated carbocycles. The first-order chi connectivity index (χ1) is 14.1. The van der Waals surface area contributed by atoms with Gasteiger partial charge in [-0.25, -0.2) is 0 Å². The van der Waals surface area contributed by atoms with Crippen LogP contribution >= 0.6 is 24.0 Å². The molecule has 1 saturated heterocycles. The molecule has 164 valence electrons. The molecule has 1 aromatic heterocycles. The molecule has 7 nitrogen and oxygen atoms in total. The van der Waals surface area contributed by atoms with Crippen molar-refractivity contribution in [1.29, 1.82) is 0 Å². The van der Waals surface area contributed by atoms with E-state index in [1.54, 1.807) is 7.05 Å². The fourth-order valence-electron chi connectivity index (χ4n) is 3.65. The Labute approximate surface area is 195 Å². The van der Waals surface area contributed by atoms with Gasteiger partial charge in [-0.1, -0.05) is 43.3 Å². The molecule has 1 aliphatic rings. The monoisotopic (exact) mass is 525 g/mol. The van der Waals surface area contributed by atoms with Gasteiger partial charge in [-0.3, -0.25) is 9.79 Å². The van der Waals surface area contributed by atoms with Crippen molar-refractivity contribution in [3.63, 3.8) is 0 Å². The fourth-order valence-corrected chi connectivity index (χ4v) is 3.65. The number of carbonyl (C=O) groups excluding carboxylic acids is 1. The summed E-state index contributed by atoms with van der Waals surface area (Å²) in [6, 6.07) is 8.35. The maximum Gasteiger partial charge on any atom is 0.222 e. The number of guanidine groups is 1. The molecule has 0 radical (unpaired) electrons. The van der Waals surface area contributed by atoms with Crippen LogP contribution in [0.3, 0.4) is 0 Å². The van der Waals surface area contributed by atoms with Crippen molar-refractivity contribution in [3.8, 4) is 0 Å². The van der Waals surface area contributed by atoms with Crippen molar-refractivity contribution in [2.45, 2.75) is 59.2 Å². The van der Waals surface area contributed by atoms with Gasteiger partial charge < -0.3 is 20.1 Å². The van der Waals surface area contributed by atoms with Gasteiger partial charge in [-0.15, -0.1) is 24.0 Å². The van der Waals surface area contributed by atoms with E-state index in [1.807, 2.05) is 11.0 Å². The maximum atomic E-state index is 11.9. The Morgan fingerprint density at radius 3 is 2.63 bits per heavy atom. The molecule has 0 atom stereocenters. The number of carbonyl (C=O) groups is 1. The van der Waals surface area contributed by atoms with Gasteiger partial charge in [0.05, 0.1) is 5.69 Å². The van der Waals surface area contributed by atoms with Crippen LogP contribution in [0.2, 0.25) is 0 Å². The predicted molar refractivity (Wildman–Crippen MR) is 129 cm³/mol. The molecule has 1 amide bonds. The molecule has 1 fully saturated rings. The van der Waals surface area contributed by atoms with Crippen molar-refractivity contribution < 1.29 is 9.32 Å². The summed E-state index contributed by atoms with van der Waals surface area (Å²) in [6.45, 7) is 6.99. The van der Waals surface area contributed by atoms with Gasteiger partial charge in [-0.2, -0.15) is 0 Å². The third kappa shape index (κ3) is 6.20. The predicted octanol–water partition coefficient (Wildman–Crippen LogP) is 3.41. The lowest BCUT2D eigenvalue weighted by molar-refractivity contribution is -0.128. The summed E-state index contributed by atoms with van der Waals surface area (Å²) in [7, 11) is 1.76. The smallest absolute Gasteiger partial charge is 0.222 e. The maximum absolute atomic E-state index is 11.9. The molecule has 2 aromatic rings. The van der Waals surface area contributed by atoms with Crippen molar-refractivity contribution in [2.75, 3.05) is 13.6 Å². The lowest BCUT2D eigenvalue weighted by Crippen LogP contribution is -2.36. The number of nitrogens with zero attached hydrogens (tertiary/aromatic N) is 3. The van der Waals surface area contributed by atoms with E-state index in [4.69, 9.17) is 4.52 Å². The van der Waals surface area contributed by atoms with E-state index < -0.39 is 0 Å². The van der Waals surface area contributed by atoms with Crippen molar-refractivity contribution in [1.82, 2.24) is 20.7 Å². The van der Waals surface area contributed by atoms with Crippen LogP contribution in [0.5, 0.6) is 0 Å². The zero-order valence-corrected chi connectivity index (χ0v) is 20.4. The minimum absolute atomic E-state index is 0. The standard InChI is InChI=1S/C22H31N5O2.HI/c1-4-19-18(20(5-2)29-26-19)14-25-22(23-3)24-13-16-8-6-9-17(12-16)15-27-11-7-10-21(27)28;/h6,8-9,12H,4-5,7,10-11,13-15H2,1-3H3,(H2,23,24,25);1H. The number of benzene rings is 1. The molecule has 0 spiro atoms. The third-order valence-electron chi connectivity index (χ3n) is 5.26. The average Bonchev–Trinajstić information content (AvgIpc) is 3.33. The molecule has 1 aromatic carbocycles. The second kappa shape index (κ2) is 11.9. The van der Waals surface area contributed by atoms with E-state index >= 15 is 0 Å². The summed E-state index contributed by atoms with van der Waals surface area (Å²) in [5, 5.41) is 10.9. The lowest BCUT2D eigenvalue weighted by atomic mass is 10.1. The van der Waals surface area contributed by atoms with E-state index in [2.05, 4.69) is 52.8 Å². The Bertz CT molecular complexity index is 843. The van der Waals surface area contributed by atoms with Crippen LogP contribution in [-0.4, -0.2) is 35.5 Å². The molecule has 3 rings (SSSR count).